The summed E-state index contributed by atoms with van der Waals surface area (Å²) in [5.74, 6) is 0. The molecule has 0 fully saturated rings. The number of hydrogen-bond acceptors (Lipinski definition) is 3. The van der Waals surface area contributed by atoms with Crippen molar-refractivity contribution in [2.45, 2.75) is 23.6 Å². The van der Waals surface area contributed by atoms with Crippen LogP contribution in [0, 0.1) is 13.8 Å². The number of hydrogen-bond donors (Lipinski definition) is 0. The van der Waals surface area contributed by atoms with Crippen molar-refractivity contribution in [2.75, 3.05) is 0 Å². The van der Waals surface area contributed by atoms with E-state index >= 15 is 0 Å². The van der Waals surface area contributed by atoms with Crippen molar-refractivity contribution in [3.05, 3.63) is 68.5 Å². The molecule has 2 aromatic carbocycles. The molecule has 112 valence electrons. The summed E-state index contributed by atoms with van der Waals surface area (Å²) in [6, 6.07) is 12.6. The van der Waals surface area contributed by atoms with Crippen LogP contribution in [0.15, 0.2) is 65.9 Å². The number of rotatable bonds is 2. The first-order valence-electron chi connectivity index (χ1n) is 6.67. The van der Waals surface area contributed by atoms with Crippen LogP contribution in [-0.4, -0.2) is 4.21 Å². The van der Waals surface area contributed by atoms with Crippen LogP contribution in [0.3, 0.4) is 0 Å². The lowest BCUT2D eigenvalue weighted by Crippen LogP contribution is -2.09. The van der Waals surface area contributed by atoms with Gasteiger partial charge in [-0.2, -0.15) is 0 Å². The van der Waals surface area contributed by atoms with Gasteiger partial charge in [0, 0.05) is 14.8 Å². The van der Waals surface area contributed by atoms with Crippen molar-refractivity contribution < 1.29 is 8.63 Å². The fraction of sp³-hybridized carbons (Fsp3) is 0.118. The SMILES string of the molecule is Cc1cc(C)cc(S(=O)c2cc3cc(Br)ccc3oc2=O)c1. The first-order valence-corrected chi connectivity index (χ1v) is 8.62. The zero-order valence-corrected chi connectivity index (χ0v) is 14.5. The minimum atomic E-state index is -1.56. The topological polar surface area (TPSA) is 47.3 Å². The Morgan fingerprint density at radius 1 is 1.00 bits per heavy atom. The summed E-state index contributed by atoms with van der Waals surface area (Å²) in [5, 5.41) is 0.738. The third-order valence-electron chi connectivity index (χ3n) is 3.27. The average Bonchev–Trinajstić information content (AvgIpc) is 2.45. The molecule has 22 heavy (non-hydrogen) atoms. The molecule has 5 heteroatoms. The third kappa shape index (κ3) is 2.91. The molecular weight excluding hydrogens is 364 g/mol. The van der Waals surface area contributed by atoms with Crippen molar-refractivity contribution in [2.24, 2.45) is 0 Å². The van der Waals surface area contributed by atoms with Crippen molar-refractivity contribution in [3.8, 4) is 0 Å². The van der Waals surface area contributed by atoms with Crippen LogP contribution in [0.25, 0.3) is 11.0 Å². The van der Waals surface area contributed by atoms with Gasteiger partial charge in [-0.05, 0) is 61.4 Å². The molecule has 0 saturated carbocycles. The second-order valence-electron chi connectivity index (χ2n) is 5.17. The van der Waals surface area contributed by atoms with Crippen molar-refractivity contribution in [3.63, 3.8) is 0 Å². The Labute approximate surface area is 138 Å². The van der Waals surface area contributed by atoms with Crippen molar-refractivity contribution in [1.29, 1.82) is 0 Å². The summed E-state index contributed by atoms with van der Waals surface area (Å²) in [4.78, 5) is 12.9. The Hall–Kier alpha value is -1.72. The molecular formula is C17H13BrO3S. The molecule has 0 N–H and O–H groups in total. The maximum Gasteiger partial charge on any atom is 0.353 e. The molecule has 0 amide bonds. The summed E-state index contributed by atoms with van der Waals surface area (Å²) in [6.45, 7) is 3.88. The molecule has 3 nitrogen and oxygen atoms in total. The second-order valence-corrected chi connectivity index (χ2v) is 7.54. The number of halogens is 1. The van der Waals surface area contributed by atoms with Gasteiger partial charge in [-0.25, -0.2) is 9.00 Å². The zero-order chi connectivity index (χ0) is 15.9. The molecule has 0 bridgehead atoms. The summed E-state index contributed by atoms with van der Waals surface area (Å²) in [6.07, 6.45) is 0. The van der Waals surface area contributed by atoms with E-state index in [0.29, 0.717) is 10.5 Å². The lowest BCUT2D eigenvalue weighted by Gasteiger charge is -2.06. The quantitative estimate of drug-likeness (QED) is 0.625. The van der Waals surface area contributed by atoms with Gasteiger partial charge < -0.3 is 4.42 Å². The first kappa shape index (κ1) is 15.2. The Morgan fingerprint density at radius 2 is 1.68 bits per heavy atom. The molecule has 0 aliphatic rings. The van der Waals surface area contributed by atoms with Gasteiger partial charge in [0.15, 0.2) is 0 Å². The van der Waals surface area contributed by atoms with Crippen LogP contribution in [0.2, 0.25) is 0 Å². The van der Waals surface area contributed by atoms with E-state index in [0.717, 1.165) is 21.0 Å². The van der Waals surface area contributed by atoms with Gasteiger partial charge >= 0.3 is 5.63 Å². The lowest BCUT2D eigenvalue weighted by atomic mass is 10.2. The highest BCUT2D eigenvalue weighted by Crippen LogP contribution is 2.23. The van der Waals surface area contributed by atoms with Crippen molar-refractivity contribution >= 4 is 37.7 Å². The van der Waals surface area contributed by atoms with E-state index in [-0.39, 0.29) is 4.90 Å². The molecule has 0 aliphatic heterocycles. The standard InChI is InChI=1S/C17H13BrO3S/c1-10-5-11(2)7-14(6-10)22(20)16-9-12-8-13(18)3-4-15(12)21-17(16)19/h3-9H,1-2H3. The van der Waals surface area contributed by atoms with Gasteiger partial charge in [0.05, 0.1) is 10.8 Å². The van der Waals surface area contributed by atoms with E-state index in [1.807, 2.05) is 38.1 Å². The van der Waals surface area contributed by atoms with Crippen LogP contribution < -0.4 is 5.63 Å². The van der Waals surface area contributed by atoms with Gasteiger partial charge in [0.1, 0.15) is 10.5 Å². The number of benzene rings is 2. The van der Waals surface area contributed by atoms with E-state index in [1.54, 1.807) is 18.2 Å². The second kappa shape index (κ2) is 5.82. The normalized spacial score (nSPS) is 12.5. The predicted octanol–water partition coefficient (Wildman–Crippen LogP) is 4.34. The third-order valence-corrected chi connectivity index (χ3v) is 5.11. The van der Waals surface area contributed by atoms with Gasteiger partial charge in [-0.1, -0.05) is 22.0 Å². The minimum Gasteiger partial charge on any atom is -0.422 e. The first-order chi connectivity index (χ1) is 10.4. The van der Waals surface area contributed by atoms with Crippen molar-refractivity contribution in [1.82, 2.24) is 0 Å². The molecule has 0 radical (unpaired) electrons. The Balaban J connectivity index is 2.18. The van der Waals surface area contributed by atoms with Gasteiger partial charge in [0.25, 0.3) is 0 Å². The van der Waals surface area contributed by atoms with Crippen LogP contribution in [0.1, 0.15) is 11.1 Å². The summed E-state index contributed by atoms with van der Waals surface area (Å²) in [5.41, 5.74) is 1.94. The van der Waals surface area contributed by atoms with E-state index in [9.17, 15) is 9.00 Å². The Kier molecular flexibility index (Phi) is 4.02. The zero-order valence-electron chi connectivity index (χ0n) is 12.1. The molecule has 3 rings (SSSR count). The monoisotopic (exact) mass is 376 g/mol. The molecule has 0 saturated heterocycles. The molecule has 1 unspecified atom stereocenters. The van der Waals surface area contributed by atoms with Gasteiger partial charge in [-0.3, -0.25) is 0 Å². The van der Waals surface area contributed by atoms with E-state index in [2.05, 4.69) is 15.9 Å². The lowest BCUT2D eigenvalue weighted by molar-refractivity contribution is 0.541. The Bertz CT molecular complexity index is 940. The molecule has 1 aromatic heterocycles. The van der Waals surface area contributed by atoms with Gasteiger partial charge in [-0.15, -0.1) is 0 Å². The van der Waals surface area contributed by atoms with Crippen LogP contribution in [0.5, 0.6) is 0 Å². The average molecular weight is 377 g/mol. The molecule has 1 atom stereocenters. The minimum absolute atomic E-state index is 0.163. The summed E-state index contributed by atoms with van der Waals surface area (Å²) < 4.78 is 18.9. The Morgan fingerprint density at radius 3 is 2.36 bits per heavy atom. The highest BCUT2D eigenvalue weighted by atomic mass is 79.9. The fourth-order valence-electron chi connectivity index (χ4n) is 2.37. The fourth-order valence-corrected chi connectivity index (χ4v) is 4.02. The number of aryl methyl sites for hydroxylation is 2. The van der Waals surface area contributed by atoms with E-state index in [1.165, 1.54) is 0 Å². The van der Waals surface area contributed by atoms with E-state index in [4.69, 9.17) is 4.42 Å². The molecule has 0 aliphatic carbocycles. The number of fused-ring (bicyclic) bond motifs is 1. The maximum absolute atomic E-state index is 12.7. The van der Waals surface area contributed by atoms with Crippen LogP contribution >= 0.6 is 15.9 Å². The van der Waals surface area contributed by atoms with Crippen LogP contribution in [0.4, 0.5) is 0 Å². The van der Waals surface area contributed by atoms with Gasteiger partial charge in [0.2, 0.25) is 0 Å². The summed E-state index contributed by atoms with van der Waals surface area (Å²) >= 11 is 3.38. The smallest absolute Gasteiger partial charge is 0.353 e. The summed E-state index contributed by atoms with van der Waals surface area (Å²) in [7, 11) is -1.56. The largest absolute Gasteiger partial charge is 0.422 e. The molecule has 1 heterocycles. The highest BCUT2D eigenvalue weighted by Gasteiger charge is 2.15. The molecule has 0 spiro atoms. The predicted molar refractivity (Wildman–Crippen MR) is 90.8 cm³/mol. The highest BCUT2D eigenvalue weighted by molar-refractivity contribution is 9.10. The van der Waals surface area contributed by atoms with Crippen LogP contribution in [-0.2, 0) is 10.8 Å². The van der Waals surface area contributed by atoms with E-state index < -0.39 is 16.4 Å². The molecule has 3 aromatic rings. The maximum atomic E-state index is 12.7.